The van der Waals surface area contributed by atoms with E-state index in [2.05, 4.69) is 5.32 Å². The second kappa shape index (κ2) is 9.27. The fraction of sp³-hybridized carbons (Fsp3) is 0.0435. The van der Waals surface area contributed by atoms with E-state index in [0.717, 1.165) is 5.56 Å². The van der Waals surface area contributed by atoms with Gasteiger partial charge in [-0.2, -0.15) is 0 Å². The Bertz CT molecular complexity index is 1250. The summed E-state index contributed by atoms with van der Waals surface area (Å²) in [4.78, 5) is 24.9. The third kappa shape index (κ3) is 5.80. The standard InChI is InChI=1S/C23H20N2O5S/c1-16-9-12-19(13-10-16)31(29,30)25-23(28)24-21-8-3-2-7-20(21)22(27)14-11-17-5-4-6-18(26)15-17/h2-15,26H,1H3,(H2,24,25,28)/b14-11+. The summed E-state index contributed by atoms with van der Waals surface area (Å²) in [5, 5.41) is 11.9. The fourth-order valence-corrected chi connectivity index (χ4v) is 3.65. The molecule has 0 aliphatic rings. The Kier molecular flexibility index (Phi) is 6.52. The van der Waals surface area contributed by atoms with Gasteiger partial charge in [-0.1, -0.05) is 48.0 Å². The first-order valence-electron chi connectivity index (χ1n) is 9.25. The van der Waals surface area contributed by atoms with Crippen LogP contribution in [0, 0.1) is 6.92 Å². The molecule has 0 saturated carbocycles. The highest BCUT2D eigenvalue weighted by Crippen LogP contribution is 2.18. The van der Waals surface area contributed by atoms with Crippen molar-refractivity contribution in [3.63, 3.8) is 0 Å². The Labute approximate surface area is 180 Å². The van der Waals surface area contributed by atoms with E-state index < -0.39 is 21.8 Å². The molecule has 2 amide bonds. The molecule has 0 fully saturated rings. The number of rotatable bonds is 6. The van der Waals surface area contributed by atoms with Gasteiger partial charge in [-0.05, 0) is 55.0 Å². The maximum absolute atomic E-state index is 12.6. The number of aromatic hydroxyl groups is 1. The molecular weight excluding hydrogens is 416 g/mol. The number of urea groups is 1. The zero-order valence-corrected chi connectivity index (χ0v) is 17.4. The predicted octanol–water partition coefficient (Wildman–Crippen LogP) is 4.11. The van der Waals surface area contributed by atoms with Gasteiger partial charge in [0.1, 0.15) is 5.75 Å². The molecule has 0 aliphatic carbocycles. The van der Waals surface area contributed by atoms with Crippen LogP contribution in [0.4, 0.5) is 10.5 Å². The van der Waals surface area contributed by atoms with Crippen LogP contribution in [0.3, 0.4) is 0 Å². The molecule has 7 nitrogen and oxygen atoms in total. The van der Waals surface area contributed by atoms with Crippen molar-refractivity contribution in [3.8, 4) is 5.75 Å². The monoisotopic (exact) mass is 436 g/mol. The van der Waals surface area contributed by atoms with Gasteiger partial charge < -0.3 is 10.4 Å². The maximum atomic E-state index is 12.6. The molecule has 0 radical (unpaired) electrons. The number of benzene rings is 3. The van der Waals surface area contributed by atoms with Crippen LogP contribution in [0.5, 0.6) is 5.75 Å². The van der Waals surface area contributed by atoms with Crippen LogP contribution in [0.1, 0.15) is 21.5 Å². The van der Waals surface area contributed by atoms with Crippen LogP contribution in [0.25, 0.3) is 6.08 Å². The van der Waals surface area contributed by atoms with Crippen LogP contribution >= 0.6 is 0 Å². The summed E-state index contributed by atoms with van der Waals surface area (Å²) < 4.78 is 26.7. The van der Waals surface area contributed by atoms with Crippen LogP contribution in [-0.2, 0) is 10.0 Å². The van der Waals surface area contributed by atoms with Gasteiger partial charge >= 0.3 is 6.03 Å². The number of hydrogen-bond acceptors (Lipinski definition) is 5. The van der Waals surface area contributed by atoms with Crippen molar-refractivity contribution in [1.29, 1.82) is 0 Å². The lowest BCUT2D eigenvalue weighted by Gasteiger charge is -2.11. The molecule has 3 aromatic carbocycles. The molecule has 0 bridgehead atoms. The lowest BCUT2D eigenvalue weighted by Crippen LogP contribution is -2.34. The number of anilines is 1. The molecule has 158 valence electrons. The van der Waals surface area contributed by atoms with Crippen LogP contribution in [-0.4, -0.2) is 25.3 Å². The van der Waals surface area contributed by atoms with Crippen molar-refractivity contribution < 1.29 is 23.1 Å². The van der Waals surface area contributed by atoms with E-state index in [4.69, 9.17) is 0 Å². The van der Waals surface area contributed by atoms with E-state index in [1.165, 1.54) is 48.6 Å². The summed E-state index contributed by atoms with van der Waals surface area (Å²) in [6, 6.07) is 17.7. The van der Waals surface area contributed by atoms with E-state index >= 15 is 0 Å². The highest BCUT2D eigenvalue weighted by atomic mass is 32.2. The van der Waals surface area contributed by atoms with Crippen LogP contribution in [0.15, 0.2) is 83.8 Å². The van der Waals surface area contributed by atoms with Gasteiger partial charge in [-0.3, -0.25) is 4.79 Å². The van der Waals surface area contributed by atoms with E-state index in [-0.39, 0.29) is 21.9 Å². The number of hydrogen-bond donors (Lipinski definition) is 3. The molecule has 3 rings (SSSR count). The molecule has 0 saturated heterocycles. The minimum absolute atomic E-state index is 0.0494. The van der Waals surface area contributed by atoms with E-state index in [0.29, 0.717) is 5.56 Å². The van der Waals surface area contributed by atoms with Crippen molar-refractivity contribution in [3.05, 3.63) is 95.6 Å². The number of allylic oxidation sites excluding steroid dienone is 1. The lowest BCUT2D eigenvalue weighted by atomic mass is 10.1. The minimum atomic E-state index is -4.06. The number of para-hydroxylation sites is 1. The summed E-state index contributed by atoms with van der Waals surface area (Å²) in [5.74, 6) is -0.330. The third-order valence-corrected chi connectivity index (χ3v) is 5.64. The van der Waals surface area contributed by atoms with Crippen molar-refractivity contribution >= 4 is 33.6 Å². The number of carbonyl (C=O) groups excluding carboxylic acids is 2. The lowest BCUT2D eigenvalue weighted by molar-refractivity contribution is 0.104. The predicted molar refractivity (Wildman–Crippen MR) is 118 cm³/mol. The average Bonchev–Trinajstić information content (AvgIpc) is 2.72. The van der Waals surface area contributed by atoms with Gasteiger partial charge in [0.15, 0.2) is 5.78 Å². The fourth-order valence-electron chi connectivity index (χ4n) is 2.74. The summed E-state index contributed by atoms with van der Waals surface area (Å²) in [7, 11) is -4.06. The Balaban J connectivity index is 1.74. The van der Waals surface area contributed by atoms with Crippen molar-refractivity contribution in [2.75, 3.05) is 5.32 Å². The maximum Gasteiger partial charge on any atom is 0.333 e. The first-order chi connectivity index (χ1) is 14.7. The number of phenolic OH excluding ortho intramolecular Hbond substituents is 1. The molecule has 0 aliphatic heterocycles. The number of phenols is 1. The third-order valence-electron chi connectivity index (χ3n) is 4.30. The SMILES string of the molecule is Cc1ccc(S(=O)(=O)NC(=O)Nc2ccccc2C(=O)/C=C/c2cccc(O)c2)cc1. The molecule has 0 spiro atoms. The summed E-state index contributed by atoms with van der Waals surface area (Å²) in [6.45, 7) is 1.82. The Hall–Kier alpha value is -3.91. The second-order valence-electron chi connectivity index (χ2n) is 6.71. The number of aryl methyl sites for hydroxylation is 1. The number of nitrogens with one attached hydrogen (secondary N) is 2. The average molecular weight is 436 g/mol. The van der Waals surface area contributed by atoms with Gasteiger partial charge in [0.2, 0.25) is 0 Å². The minimum Gasteiger partial charge on any atom is -0.508 e. The molecule has 3 N–H and O–H groups in total. The second-order valence-corrected chi connectivity index (χ2v) is 8.39. The largest absolute Gasteiger partial charge is 0.508 e. The molecule has 31 heavy (non-hydrogen) atoms. The topological polar surface area (TPSA) is 113 Å². The molecule has 8 heteroatoms. The van der Waals surface area contributed by atoms with E-state index in [1.807, 2.05) is 11.6 Å². The quantitative estimate of drug-likeness (QED) is 0.398. The molecular formula is C23H20N2O5S. The number of amides is 2. The summed E-state index contributed by atoms with van der Waals surface area (Å²) >= 11 is 0. The number of carbonyl (C=O) groups is 2. The van der Waals surface area contributed by atoms with Gasteiger partial charge in [-0.25, -0.2) is 17.9 Å². The zero-order valence-electron chi connectivity index (χ0n) is 16.6. The Morgan fingerprint density at radius 3 is 2.35 bits per heavy atom. The van der Waals surface area contributed by atoms with Crippen molar-refractivity contribution in [1.82, 2.24) is 4.72 Å². The molecule has 0 heterocycles. The molecule has 0 atom stereocenters. The highest BCUT2D eigenvalue weighted by molar-refractivity contribution is 7.90. The zero-order chi connectivity index (χ0) is 22.4. The molecule has 3 aromatic rings. The van der Waals surface area contributed by atoms with Gasteiger partial charge in [0.05, 0.1) is 10.6 Å². The first-order valence-corrected chi connectivity index (χ1v) is 10.7. The first kappa shape index (κ1) is 21.8. The number of sulfonamides is 1. The highest BCUT2D eigenvalue weighted by Gasteiger charge is 2.19. The number of ketones is 1. The van der Waals surface area contributed by atoms with E-state index in [1.54, 1.807) is 36.4 Å². The molecule has 0 aromatic heterocycles. The summed E-state index contributed by atoms with van der Waals surface area (Å²) in [6.07, 6.45) is 2.83. The van der Waals surface area contributed by atoms with Crippen LogP contribution in [0.2, 0.25) is 0 Å². The van der Waals surface area contributed by atoms with Gasteiger partial charge in [-0.15, -0.1) is 0 Å². The Morgan fingerprint density at radius 1 is 0.935 bits per heavy atom. The normalized spacial score (nSPS) is 11.3. The van der Waals surface area contributed by atoms with Crippen molar-refractivity contribution in [2.45, 2.75) is 11.8 Å². The smallest absolute Gasteiger partial charge is 0.333 e. The molecule has 0 unspecified atom stereocenters. The van der Waals surface area contributed by atoms with Crippen LogP contribution < -0.4 is 10.0 Å². The summed E-state index contributed by atoms with van der Waals surface area (Å²) in [5.41, 5.74) is 1.85. The van der Waals surface area contributed by atoms with Gasteiger partial charge in [0.25, 0.3) is 10.0 Å². The van der Waals surface area contributed by atoms with Crippen molar-refractivity contribution in [2.24, 2.45) is 0 Å². The van der Waals surface area contributed by atoms with Gasteiger partial charge in [0, 0.05) is 5.56 Å². The Morgan fingerprint density at radius 2 is 1.65 bits per heavy atom. The van der Waals surface area contributed by atoms with E-state index in [9.17, 15) is 23.1 Å².